The minimum Gasteiger partial charge on any atom is -0.497 e. The summed E-state index contributed by atoms with van der Waals surface area (Å²) < 4.78 is 44.4. The van der Waals surface area contributed by atoms with Crippen molar-refractivity contribution < 1.29 is 46.6 Å². The fourth-order valence-electron chi connectivity index (χ4n) is 7.14. The SMILES string of the molecule is COc1ccc2c(c1)CN(C(=O)O[C@@H]1C[C@H]3C(=O)N[C@]4(C(=O)NS(=O)(=O)C5CC5)C[C@H]4/C=C/CCCCC[C@H](NC(=O)OC(C)(C)C)C(=O)N3C1)C2. The standard InChI is InChI=1S/C36H49N5O10S/c1-35(2,3)51-33(45)37-28-11-9-7-5-6-8-10-24-18-36(24,32(44)39-52(47,48)27-14-15-27)38-30(42)29-17-26(21-41(29)31(28)43)50-34(46)40-19-22-12-13-25(49-4)16-23(22)20-40/h8,10,12-13,16,24,26-29H,5-7,9,11,14-15,17-21H2,1-4H3,(H,37,45)(H,38,42)(H,39,44)/b10-8+/t24-,26-,28+,29+,36-/m1/s1. The van der Waals surface area contributed by atoms with Crippen LogP contribution in [-0.2, 0) is 47.0 Å². The number of benzene rings is 1. The van der Waals surface area contributed by atoms with Crippen LogP contribution >= 0.6 is 0 Å². The first kappa shape index (κ1) is 37.4. The Balaban J connectivity index is 1.24. The fraction of sp³-hybridized carbons (Fsp3) is 0.639. The summed E-state index contributed by atoms with van der Waals surface area (Å²) in [5, 5.41) is 4.87. The van der Waals surface area contributed by atoms with Crippen molar-refractivity contribution >= 4 is 39.9 Å². The molecule has 3 heterocycles. The van der Waals surface area contributed by atoms with Gasteiger partial charge in [0.25, 0.3) is 5.91 Å². The van der Waals surface area contributed by atoms with Crippen LogP contribution < -0.4 is 20.1 Å². The zero-order chi connectivity index (χ0) is 37.4. The third-order valence-electron chi connectivity index (χ3n) is 10.2. The molecule has 2 aliphatic carbocycles. The van der Waals surface area contributed by atoms with Crippen molar-refractivity contribution in [1.29, 1.82) is 0 Å². The number of sulfonamides is 1. The summed E-state index contributed by atoms with van der Waals surface area (Å²) >= 11 is 0. The van der Waals surface area contributed by atoms with Crippen LogP contribution in [0.5, 0.6) is 5.75 Å². The Morgan fingerprint density at radius 1 is 1.02 bits per heavy atom. The molecule has 284 valence electrons. The number of carbonyl (C=O) groups excluding carboxylic acids is 5. The third kappa shape index (κ3) is 8.48. The van der Waals surface area contributed by atoms with Gasteiger partial charge in [0.2, 0.25) is 21.8 Å². The molecule has 0 bridgehead atoms. The molecule has 5 aliphatic rings. The minimum absolute atomic E-state index is 0.0738. The summed E-state index contributed by atoms with van der Waals surface area (Å²) in [7, 11) is -2.34. The molecule has 3 N–H and O–H groups in total. The predicted molar refractivity (Wildman–Crippen MR) is 187 cm³/mol. The van der Waals surface area contributed by atoms with Gasteiger partial charge in [-0.1, -0.05) is 31.1 Å². The maximum absolute atomic E-state index is 14.3. The van der Waals surface area contributed by atoms with E-state index in [1.807, 2.05) is 30.4 Å². The highest BCUT2D eigenvalue weighted by Gasteiger charge is 2.62. The Hall–Kier alpha value is -4.34. The lowest BCUT2D eigenvalue weighted by Crippen LogP contribution is -2.58. The van der Waals surface area contributed by atoms with E-state index in [0.29, 0.717) is 44.5 Å². The van der Waals surface area contributed by atoms with Gasteiger partial charge in [-0.15, -0.1) is 0 Å². The highest BCUT2D eigenvalue weighted by molar-refractivity contribution is 7.91. The molecular weight excluding hydrogens is 694 g/mol. The zero-order valence-corrected chi connectivity index (χ0v) is 31.0. The quantitative estimate of drug-likeness (QED) is 0.366. The Bertz CT molecular complexity index is 1740. The molecule has 0 aromatic heterocycles. The molecule has 15 nitrogen and oxygen atoms in total. The first-order valence-corrected chi connectivity index (χ1v) is 19.6. The molecule has 0 unspecified atom stereocenters. The van der Waals surface area contributed by atoms with Gasteiger partial charge in [0.1, 0.15) is 35.1 Å². The van der Waals surface area contributed by atoms with Gasteiger partial charge in [-0.05, 0) is 82.6 Å². The van der Waals surface area contributed by atoms with Gasteiger partial charge >= 0.3 is 12.2 Å². The van der Waals surface area contributed by atoms with E-state index in [1.54, 1.807) is 27.9 Å². The highest BCUT2D eigenvalue weighted by atomic mass is 32.2. The number of nitrogens with zero attached hydrogens (tertiary/aromatic N) is 2. The molecule has 5 amide bonds. The molecule has 6 rings (SSSR count). The summed E-state index contributed by atoms with van der Waals surface area (Å²) in [5.41, 5.74) is -0.489. The molecule has 3 aliphatic heterocycles. The summed E-state index contributed by atoms with van der Waals surface area (Å²) in [5.74, 6) is -1.85. The minimum atomic E-state index is -3.90. The Labute approximate surface area is 304 Å². The molecule has 3 fully saturated rings. The van der Waals surface area contributed by atoms with Gasteiger partial charge in [-0.25, -0.2) is 18.0 Å². The van der Waals surface area contributed by atoms with Gasteiger partial charge in [0.05, 0.1) is 18.9 Å². The number of methoxy groups -OCH3 is 1. The number of ether oxygens (including phenoxy) is 3. The van der Waals surface area contributed by atoms with Crippen molar-refractivity contribution in [1.82, 2.24) is 25.2 Å². The number of carbonyl (C=O) groups is 5. The second-order valence-electron chi connectivity index (χ2n) is 15.5. The largest absolute Gasteiger partial charge is 0.497 e. The molecule has 1 saturated heterocycles. The van der Waals surface area contributed by atoms with Crippen LogP contribution in [0.15, 0.2) is 30.4 Å². The van der Waals surface area contributed by atoms with Crippen molar-refractivity contribution in [2.75, 3.05) is 13.7 Å². The lowest BCUT2D eigenvalue weighted by molar-refractivity contribution is -0.141. The second kappa shape index (κ2) is 14.6. The van der Waals surface area contributed by atoms with E-state index >= 15 is 0 Å². The maximum Gasteiger partial charge on any atom is 0.410 e. The van der Waals surface area contributed by atoms with Crippen LogP contribution in [0.3, 0.4) is 0 Å². The summed E-state index contributed by atoms with van der Waals surface area (Å²) in [6, 6.07) is 3.33. The van der Waals surface area contributed by atoms with E-state index in [-0.39, 0.29) is 25.8 Å². The number of fused-ring (bicyclic) bond motifs is 3. The van der Waals surface area contributed by atoms with Crippen molar-refractivity contribution in [2.45, 2.75) is 126 Å². The number of rotatable bonds is 6. The topological polar surface area (TPSA) is 190 Å². The van der Waals surface area contributed by atoms with Crippen molar-refractivity contribution in [3.8, 4) is 5.75 Å². The normalized spacial score (nSPS) is 28.5. The Morgan fingerprint density at radius 3 is 2.48 bits per heavy atom. The van der Waals surface area contributed by atoms with Gasteiger partial charge in [-0.3, -0.25) is 24.0 Å². The zero-order valence-electron chi connectivity index (χ0n) is 30.1. The van der Waals surface area contributed by atoms with Crippen molar-refractivity contribution in [2.24, 2.45) is 5.92 Å². The summed E-state index contributed by atoms with van der Waals surface area (Å²) in [4.78, 5) is 71.3. The van der Waals surface area contributed by atoms with E-state index in [0.717, 1.165) is 24.0 Å². The average molecular weight is 744 g/mol. The van der Waals surface area contributed by atoms with Gasteiger partial charge in [-0.2, -0.15) is 0 Å². The molecule has 0 radical (unpaired) electrons. The third-order valence-corrected chi connectivity index (χ3v) is 12.0. The van der Waals surface area contributed by atoms with Crippen molar-refractivity contribution in [3.63, 3.8) is 0 Å². The number of allylic oxidation sites excluding steroid dienone is 1. The van der Waals surface area contributed by atoms with Crippen molar-refractivity contribution in [3.05, 3.63) is 41.5 Å². The van der Waals surface area contributed by atoms with E-state index in [1.165, 1.54) is 9.80 Å². The van der Waals surface area contributed by atoms with Gasteiger partial charge < -0.3 is 29.7 Å². The van der Waals surface area contributed by atoms with E-state index < -0.39 is 80.4 Å². The van der Waals surface area contributed by atoms with Crippen LogP contribution in [0.1, 0.15) is 89.7 Å². The predicted octanol–water partition coefficient (Wildman–Crippen LogP) is 3.01. The smallest absolute Gasteiger partial charge is 0.410 e. The lowest BCUT2D eigenvalue weighted by Gasteiger charge is -2.30. The molecule has 2 saturated carbocycles. The molecule has 1 aromatic rings. The van der Waals surface area contributed by atoms with Gasteiger partial charge in [0.15, 0.2) is 0 Å². The van der Waals surface area contributed by atoms with E-state index in [4.69, 9.17) is 14.2 Å². The molecule has 1 aromatic carbocycles. The fourth-order valence-corrected chi connectivity index (χ4v) is 8.51. The van der Waals surface area contributed by atoms with Crippen LogP contribution in [-0.4, -0.2) is 96.4 Å². The maximum atomic E-state index is 14.3. The number of hydrogen-bond acceptors (Lipinski definition) is 10. The van der Waals surface area contributed by atoms with E-state index in [9.17, 15) is 32.4 Å². The monoisotopic (exact) mass is 743 g/mol. The molecule has 52 heavy (non-hydrogen) atoms. The number of nitrogens with one attached hydrogen (secondary N) is 3. The molecule has 5 atom stereocenters. The average Bonchev–Trinajstić information content (AvgIpc) is 3.96. The Morgan fingerprint density at radius 2 is 1.77 bits per heavy atom. The van der Waals surface area contributed by atoms with Crippen LogP contribution in [0.2, 0.25) is 0 Å². The molecular formula is C36H49N5O10S. The number of alkyl carbamates (subject to hydrolysis) is 1. The van der Waals surface area contributed by atoms with Crippen LogP contribution in [0, 0.1) is 5.92 Å². The number of hydrogen-bond donors (Lipinski definition) is 3. The lowest BCUT2D eigenvalue weighted by atomic mass is 10.0. The second-order valence-corrected chi connectivity index (χ2v) is 17.4. The molecule has 16 heteroatoms. The first-order chi connectivity index (χ1) is 24.6. The van der Waals surface area contributed by atoms with Crippen LogP contribution in [0.4, 0.5) is 9.59 Å². The van der Waals surface area contributed by atoms with Crippen LogP contribution in [0.25, 0.3) is 0 Å². The van der Waals surface area contributed by atoms with Gasteiger partial charge in [0, 0.05) is 25.4 Å². The number of amides is 5. The highest BCUT2D eigenvalue weighted by Crippen LogP contribution is 2.46. The molecule has 0 spiro atoms. The Kier molecular flexibility index (Phi) is 10.5. The first-order valence-electron chi connectivity index (χ1n) is 18.0. The summed E-state index contributed by atoms with van der Waals surface area (Å²) in [6.45, 7) is 5.60. The van der Waals surface area contributed by atoms with E-state index in [2.05, 4.69) is 15.4 Å². The summed E-state index contributed by atoms with van der Waals surface area (Å²) in [6.07, 6.45) is 5.56.